The lowest BCUT2D eigenvalue weighted by molar-refractivity contribution is -0.120. The maximum Gasteiger partial charge on any atom is 0.239 e. The number of rotatable bonds is 4. The number of likely N-dealkylation sites (N-methyl/N-ethyl adjacent to an activating group) is 1. The lowest BCUT2D eigenvalue weighted by Crippen LogP contribution is -2.31. The van der Waals surface area contributed by atoms with Gasteiger partial charge >= 0.3 is 0 Å². The molecule has 3 N–H and O–H groups in total. The fourth-order valence-electron chi connectivity index (χ4n) is 1.88. The van der Waals surface area contributed by atoms with Crippen molar-refractivity contribution >= 4 is 5.91 Å². The SMILES string of the molecule is CNC(C(N)=O)c1cc(C(C)(C)C)ccc1OC. The van der Waals surface area contributed by atoms with Crippen LogP contribution in [0, 0.1) is 0 Å². The second kappa shape index (κ2) is 5.40. The van der Waals surface area contributed by atoms with E-state index >= 15 is 0 Å². The molecule has 1 aromatic rings. The summed E-state index contributed by atoms with van der Waals surface area (Å²) in [6.07, 6.45) is 0. The van der Waals surface area contributed by atoms with Crippen LogP contribution < -0.4 is 15.8 Å². The second-order valence-corrected chi connectivity index (χ2v) is 5.33. The highest BCUT2D eigenvalue weighted by Crippen LogP contribution is 2.31. The third-order valence-electron chi connectivity index (χ3n) is 2.98. The minimum absolute atomic E-state index is 0.0109. The molecule has 0 saturated heterocycles. The van der Waals surface area contributed by atoms with Crippen LogP contribution in [-0.2, 0) is 10.2 Å². The van der Waals surface area contributed by atoms with Crippen molar-refractivity contribution in [1.29, 1.82) is 0 Å². The van der Waals surface area contributed by atoms with E-state index in [0.29, 0.717) is 5.75 Å². The van der Waals surface area contributed by atoms with Gasteiger partial charge in [0.15, 0.2) is 0 Å². The van der Waals surface area contributed by atoms with Gasteiger partial charge in [0.25, 0.3) is 0 Å². The molecule has 0 aromatic heterocycles. The van der Waals surface area contributed by atoms with Crippen LogP contribution in [-0.4, -0.2) is 20.1 Å². The normalized spacial score (nSPS) is 13.2. The van der Waals surface area contributed by atoms with Crippen LogP contribution in [0.25, 0.3) is 0 Å². The monoisotopic (exact) mass is 250 g/mol. The second-order valence-electron chi connectivity index (χ2n) is 5.33. The van der Waals surface area contributed by atoms with Crippen molar-refractivity contribution < 1.29 is 9.53 Å². The molecule has 100 valence electrons. The van der Waals surface area contributed by atoms with Gasteiger partial charge in [-0.3, -0.25) is 4.79 Å². The summed E-state index contributed by atoms with van der Waals surface area (Å²) in [6, 6.07) is 5.33. The number of nitrogens with one attached hydrogen (secondary N) is 1. The van der Waals surface area contributed by atoms with E-state index in [1.165, 1.54) is 0 Å². The minimum atomic E-state index is -0.540. The lowest BCUT2D eigenvalue weighted by atomic mass is 9.85. The molecule has 1 atom stereocenters. The third-order valence-corrected chi connectivity index (χ3v) is 2.98. The van der Waals surface area contributed by atoms with Crippen LogP contribution in [0.3, 0.4) is 0 Å². The first-order valence-corrected chi connectivity index (χ1v) is 5.96. The Labute approximate surface area is 109 Å². The molecule has 1 rings (SSSR count). The van der Waals surface area contributed by atoms with E-state index in [2.05, 4.69) is 26.1 Å². The van der Waals surface area contributed by atoms with E-state index in [4.69, 9.17) is 10.5 Å². The van der Waals surface area contributed by atoms with Crippen LogP contribution in [0.5, 0.6) is 5.75 Å². The lowest BCUT2D eigenvalue weighted by Gasteiger charge is -2.23. The summed E-state index contributed by atoms with van der Waals surface area (Å²) < 4.78 is 5.30. The first kappa shape index (κ1) is 14.5. The zero-order valence-electron chi connectivity index (χ0n) is 11.7. The van der Waals surface area contributed by atoms with Crippen molar-refractivity contribution in [2.75, 3.05) is 14.2 Å². The fraction of sp³-hybridized carbons (Fsp3) is 0.500. The Morgan fingerprint density at radius 1 is 1.39 bits per heavy atom. The van der Waals surface area contributed by atoms with Crippen molar-refractivity contribution in [3.8, 4) is 5.75 Å². The Kier molecular flexibility index (Phi) is 4.35. The van der Waals surface area contributed by atoms with E-state index in [-0.39, 0.29) is 5.41 Å². The summed E-state index contributed by atoms with van der Waals surface area (Å²) in [6.45, 7) is 6.37. The number of carbonyl (C=O) groups is 1. The Morgan fingerprint density at radius 2 is 2.00 bits per heavy atom. The van der Waals surface area contributed by atoms with Gasteiger partial charge in [-0.1, -0.05) is 26.8 Å². The third kappa shape index (κ3) is 3.01. The van der Waals surface area contributed by atoms with E-state index in [0.717, 1.165) is 11.1 Å². The van der Waals surface area contributed by atoms with Crippen molar-refractivity contribution in [2.24, 2.45) is 5.73 Å². The number of carbonyl (C=O) groups excluding carboxylic acids is 1. The molecule has 0 aliphatic rings. The molecule has 0 aliphatic heterocycles. The molecule has 0 saturated carbocycles. The van der Waals surface area contributed by atoms with Gasteiger partial charge in [0.05, 0.1) is 7.11 Å². The molecule has 0 spiro atoms. The number of benzene rings is 1. The average Bonchev–Trinajstić information content (AvgIpc) is 2.28. The predicted octanol–water partition coefficient (Wildman–Crippen LogP) is 1.74. The average molecular weight is 250 g/mol. The van der Waals surface area contributed by atoms with Crippen molar-refractivity contribution in [1.82, 2.24) is 5.32 Å². The highest BCUT2D eigenvalue weighted by atomic mass is 16.5. The molecule has 0 aliphatic carbocycles. The molecule has 0 heterocycles. The number of hydrogen-bond donors (Lipinski definition) is 2. The maximum absolute atomic E-state index is 11.5. The highest BCUT2D eigenvalue weighted by Gasteiger charge is 2.23. The van der Waals surface area contributed by atoms with Crippen LogP contribution in [0.2, 0.25) is 0 Å². The van der Waals surface area contributed by atoms with Gasteiger partial charge in [-0.25, -0.2) is 0 Å². The van der Waals surface area contributed by atoms with Crippen molar-refractivity contribution in [3.05, 3.63) is 29.3 Å². The first-order valence-electron chi connectivity index (χ1n) is 5.96. The van der Waals surface area contributed by atoms with Crippen LogP contribution in [0.4, 0.5) is 0 Å². The van der Waals surface area contributed by atoms with E-state index in [1.807, 2.05) is 18.2 Å². The zero-order chi connectivity index (χ0) is 13.9. The number of nitrogens with two attached hydrogens (primary N) is 1. The van der Waals surface area contributed by atoms with Crippen molar-refractivity contribution in [2.45, 2.75) is 32.2 Å². The standard InChI is InChI=1S/C14H22N2O2/c1-14(2,3)9-6-7-11(18-5)10(8-9)12(16-4)13(15)17/h6-8,12,16H,1-5H3,(H2,15,17). The number of ether oxygens (including phenoxy) is 1. The molecular weight excluding hydrogens is 228 g/mol. The van der Waals surface area contributed by atoms with Gasteiger partial charge in [0.1, 0.15) is 11.8 Å². The quantitative estimate of drug-likeness (QED) is 0.855. The minimum Gasteiger partial charge on any atom is -0.496 e. The summed E-state index contributed by atoms with van der Waals surface area (Å²) >= 11 is 0. The van der Waals surface area contributed by atoms with Gasteiger partial charge in [0.2, 0.25) is 5.91 Å². The zero-order valence-corrected chi connectivity index (χ0v) is 11.7. The predicted molar refractivity (Wildman–Crippen MR) is 72.7 cm³/mol. The van der Waals surface area contributed by atoms with Crippen LogP contribution in [0.1, 0.15) is 37.9 Å². The molecule has 4 nitrogen and oxygen atoms in total. The van der Waals surface area contributed by atoms with Crippen LogP contribution >= 0.6 is 0 Å². The Bertz CT molecular complexity index is 436. The molecule has 1 amide bonds. The van der Waals surface area contributed by atoms with Gasteiger partial charge < -0.3 is 15.8 Å². The number of amides is 1. The Balaban J connectivity index is 3.34. The van der Waals surface area contributed by atoms with E-state index < -0.39 is 11.9 Å². The summed E-state index contributed by atoms with van der Waals surface area (Å²) in [4.78, 5) is 11.5. The molecule has 0 fully saturated rings. The fourth-order valence-corrected chi connectivity index (χ4v) is 1.88. The Morgan fingerprint density at radius 3 is 2.39 bits per heavy atom. The largest absolute Gasteiger partial charge is 0.496 e. The maximum atomic E-state index is 11.5. The molecule has 1 unspecified atom stereocenters. The van der Waals surface area contributed by atoms with Crippen molar-refractivity contribution in [3.63, 3.8) is 0 Å². The summed E-state index contributed by atoms with van der Waals surface area (Å²) in [5.41, 5.74) is 7.33. The number of hydrogen-bond acceptors (Lipinski definition) is 3. The van der Waals surface area contributed by atoms with Gasteiger partial charge in [-0.05, 0) is 30.2 Å². The number of primary amides is 1. The Hall–Kier alpha value is -1.55. The van der Waals surface area contributed by atoms with Gasteiger partial charge in [-0.2, -0.15) is 0 Å². The number of methoxy groups -OCH3 is 1. The molecule has 0 radical (unpaired) electrons. The molecular formula is C14H22N2O2. The summed E-state index contributed by atoms with van der Waals surface area (Å²) in [5.74, 6) is 0.253. The van der Waals surface area contributed by atoms with Gasteiger partial charge in [-0.15, -0.1) is 0 Å². The smallest absolute Gasteiger partial charge is 0.239 e. The summed E-state index contributed by atoms with van der Waals surface area (Å²) in [5, 5.41) is 2.92. The molecule has 0 bridgehead atoms. The molecule has 18 heavy (non-hydrogen) atoms. The summed E-state index contributed by atoms with van der Waals surface area (Å²) in [7, 11) is 3.29. The van der Waals surface area contributed by atoms with Crippen LogP contribution in [0.15, 0.2) is 18.2 Å². The van der Waals surface area contributed by atoms with E-state index in [1.54, 1.807) is 14.2 Å². The van der Waals surface area contributed by atoms with E-state index in [9.17, 15) is 4.79 Å². The first-order chi connectivity index (χ1) is 8.31. The highest BCUT2D eigenvalue weighted by molar-refractivity contribution is 5.82. The molecule has 1 aromatic carbocycles. The molecule has 4 heteroatoms. The van der Waals surface area contributed by atoms with Gasteiger partial charge in [0, 0.05) is 5.56 Å². The topological polar surface area (TPSA) is 64.3 Å².